The second-order valence-corrected chi connectivity index (χ2v) is 6.10. The maximum atomic E-state index is 6.65. The zero-order valence-corrected chi connectivity index (χ0v) is 13.3. The van der Waals surface area contributed by atoms with Gasteiger partial charge >= 0.3 is 0 Å². The Morgan fingerprint density at radius 2 is 1.95 bits per heavy atom. The van der Waals surface area contributed by atoms with Gasteiger partial charge in [0, 0.05) is 30.5 Å². The van der Waals surface area contributed by atoms with Crippen LogP contribution in [0.2, 0.25) is 0 Å². The summed E-state index contributed by atoms with van der Waals surface area (Å²) in [5.41, 5.74) is 8.12. The molecular formula is C16H30N4. The van der Waals surface area contributed by atoms with Crippen molar-refractivity contribution in [2.45, 2.75) is 64.0 Å². The highest BCUT2D eigenvalue weighted by Gasteiger charge is 2.39. The molecule has 1 fully saturated rings. The molecule has 2 rings (SSSR count). The average molecular weight is 278 g/mol. The van der Waals surface area contributed by atoms with Crippen LogP contribution < -0.4 is 5.73 Å². The normalized spacial score (nSPS) is 18.6. The van der Waals surface area contributed by atoms with Crippen LogP contribution in [-0.2, 0) is 13.5 Å². The minimum atomic E-state index is 0.190. The van der Waals surface area contributed by atoms with Crippen molar-refractivity contribution in [1.82, 2.24) is 14.7 Å². The van der Waals surface area contributed by atoms with Crippen molar-refractivity contribution in [3.05, 3.63) is 18.0 Å². The van der Waals surface area contributed by atoms with Crippen LogP contribution in [0.25, 0.3) is 0 Å². The predicted octanol–water partition coefficient (Wildman–Crippen LogP) is 2.33. The van der Waals surface area contributed by atoms with E-state index in [-0.39, 0.29) is 11.6 Å². The SMILES string of the molecule is CCC(CC)(C(N)CCc1ccnn1C)N1CCCC1. The first-order valence-corrected chi connectivity index (χ1v) is 8.11. The van der Waals surface area contributed by atoms with Gasteiger partial charge in [0.1, 0.15) is 0 Å². The lowest BCUT2D eigenvalue weighted by molar-refractivity contribution is 0.0736. The van der Waals surface area contributed by atoms with E-state index < -0.39 is 0 Å². The molecule has 0 spiro atoms. The highest BCUT2D eigenvalue weighted by molar-refractivity contribution is 5.04. The van der Waals surface area contributed by atoms with E-state index >= 15 is 0 Å². The van der Waals surface area contributed by atoms with Crippen LogP contribution in [0.15, 0.2) is 12.3 Å². The standard InChI is InChI=1S/C16H30N4/c1-4-16(5-2,20-12-6-7-13-20)15(17)9-8-14-10-11-18-19(14)3/h10-11,15H,4-9,12-13,17H2,1-3H3. The molecule has 1 unspecified atom stereocenters. The molecule has 0 amide bonds. The van der Waals surface area contributed by atoms with Crippen LogP contribution in [0.4, 0.5) is 0 Å². The summed E-state index contributed by atoms with van der Waals surface area (Å²) in [5.74, 6) is 0. The van der Waals surface area contributed by atoms with Crippen LogP contribution in [0, 0.1) is 0 Å². The first kappa shape index (κ1) is 15.5. The minimum Gasteiger partial charge on any atom is -0.326 e. The van der Waals surface area contributed by atoms with Gasteiger partial charge in [0.2, 0.25) is 0 Å². The molecule has 20 heavy (non-hydrogen) atoms. The van der Waals surface area contributed by atoms with E-state index in [1.165, 1.54) is 31.6 Å². The first-order chi connectivity index (χ1) is 9.64. The van der Waals surface area contributed by atoms with E-state index in [9.17, 15) is 0 Å². The third-order valence-electron chi connectivity index (χ3n) is 5.28. The summed E-state index contributed by atoms with van der Waals surface area (Å²) in [6.45, 7) is 7.04. The van der Waals surface area contributed by atoms with Gasteiger partial charge in [0.15, 0.2) is 0 Å². The van der Waals surface area contributed by atoms with Crippen LogP contribution >= 0.6 is 0 Å². The number of nitrogens with zero attached hydrogens (tertiary/aromatic N) is 3. The summed E-state index contributed by atoms with van der Waals surface area (Å²) in [4.78, 5) is 2.65. The highest BCUT2D eigenvalue weighted by atomic mass is 15.3. The molecule has 1 saturated heterocycles. The van der Waals surface area contributed by atoms with Crippen LogP contribution in [-0.4, -0.2) is 39.4 Å². The van der Waals surface area contributed by atoms with Crippen molar-refractivity contribution in [2.75, 3.05) is 13.1 Å². The molecule has 114 valence electrons. The highest BCUT2D eigenvalue weighted by Crippen LogP contribution is 2.32. The summed E-state index contributed by atoms with van der Waals surface area (Å²) in [6.07, 6.45) is 8.89. The quantitative estimate of drug-likeness (QED) is 0.833. The lowest BCUT2D eigenvalue weighted by atomic mass is 9.81. The first-order valence-electron chi connectivity index (χ1n) is 8.11. The maximum absolute atomic E-state index is 6.65. The Hall–Kier alpha value is -0.870. The molecule has 4 heteroatoms. The second kappa shape index (κ2) is 6.72. The topological polar surface area (TPSA) is 47.1 Å². The van der Waals surface area contributed by atoms with Crippen molar-refractivity contribution < 1.29 is 0 Å². The molecular weight excluding hydrogens is 248 g/mol. The zero-order chi connectivity index (χ0) is 14.6. The van der Waals surface area contributed by atoms with E-state index in [0.717, 1.165) is 25.7 Å². The third kappa shape index (κ3) is 2.91. The Morgan fingerprint density at radius 3 is 2.45 bits per heavy atom. The summed E-state index contributed by atoms with van der Waals surface area (Å²) in [5, 5.41) is 4.24. The van der Waals surface area contributed by atoms with Crippen molar-refractivity contribution in [3.63, 3.8) is 0 Å². The Morgan fingerprint density at radius 1 is 1.30 bits per heavy atom. The number of hydrogen-bond donors (Lipinski definition) is 1. The molecule has 0 radical (unpaired) electrons. The van der Waals surface area contributed by atoms with Gasteiger partial charge in [-0.05, 0) is 57.7 Å². The number of aryl methyl sites for hydroxylation is 2. The number of likely N-dealkylation sites (tertiary alicyclic amines) is 1. The molecule has 4 nitrogen and oxygen atoms in total. The fraction of sp³-hybridized carbons (Fsp3) is 0.812. The van der Waals surface area contributed by atoms with Gasteiger partial charge in [0.25, 0.3) is 0 Å². The van der Waals surface area contributed by atoms with Gasteiger partial charge in [-0.3, -0.25) is 9.58 Å². The Balaban J connectivity index is 2.03. The molecule has 0 aliphatic carbocycles. The van der Waals surface area contributed by atoms with Gasteiger partial charge in [-0.2, -0.15) is 5.10 Å². The summed E-state index contributed by atoms with van der Waals surface area (Å²) in [6, 6.07) is 2.34. The van der Waals surface area contributed by atoms with E-state index in [1.54, 1.807) is 0 Å². The number of rotatable bonds is 7. The minimum absolute atomic E-state index is 0.190. The molecule has 1 aromatic heterocycles. The van der Waals surface area contributed by atoms with Gasteiger partial charge in [-0.15, -0.1) is 0 Å². The number of aromatic nitrogens is 2. The Kier molecular flexibility index (Phi) is 5.22. The smallest absolute Gasteiger partial charge is 0.0492 e. The van der Waals surface area contributed by atoms with Crippen molar-refractivity contribution in [3.8, 4) is 0 Å². The van der Waals surface area contributed by atoms with E-state index in [0.29, 0.717) is 0 Å². The summed E-state index contributed by atoms with van der Waals surface area (Å²) in [7, 11) is 2.01. The monoisotopic (exact) mass is 278 g/mol. The van der Waals surface area contributed by atoms with Crippen molar-refractivity contribution in [1.29, 1.82) is 0 Å². The molecule has 2 heterocycles. The maximum Gasteiger partial charge on any atom is 0.0492 e. The fourth-order valence-corrected chi connectivity index (χ4v) is 3.84. The number of nitrogens with two attached hydrogens (primary N) is 1. The molecule has 1 aromatic rings. The lowest BCUT2D eigenvalue weighted by Crippen LogP contribution is -2.58. The number of hydrogen-bond acceptors (Lipinski definition) is 3. The van der Waals surface area contributed by atoms with E-state index in [2.05, 4.69) is 29.9 Å². The zero-order valence-electron chi connectivity index (χ0n) is 13.3. The van der Waals surface area contributed by atoms with Gasteiger partial charge in [-0.1, -0.05) is 13.8 Å². The summed E-state index contributed by atoms with van der Waals surface area (Å²) >= 11 is 0. The predicted molar refractivity (Wildman–Crippen MR) is 83.6 cm³/mol. The van der Waals surface area contributed by atoms with Crippen LogP contribution in [0.1, 0.15) is 51.6 Å². The fourth-order valence-electron chi connectivity index (χ4n) is 3.84. The molecule has 0 bridgehead atoms. The Bertz CT molecular complexity index is 402. The van der Waals surface area contributed by atoms with E-state index in [1.807, 2.05) is 17.9 Å². The molecule has 2 N–H and O–H groups in total. The van der Waals surface area contributed by atoms with Gasteiger partial charge in [-0.25, -0.2) is 0 Å². The lowest BCUT2D eigenvalue weighted by Gasteiger charge is -2.45. The summed E-state index contributed by atoms with van der Waals surface area (Å²) < 4.78 is 1.96. The molecule has 1 aliphatic heterocycles. The van der Waals surface area contributed by atoms with Gasteiger partial charge < -0.3 is 5.73 Å². The molecule has 1 atom stereocenters. The largest absolute Gasteiger partial charge is 0.326 e. The van der Waals surface area contributed by atoms with Crippen molar-refractivity contribution >= 4 is 0 Å². The molecule has 0 saturated carbocycles. The van der Waals surface area contributed by atoms with Gasteiger partial charge in [0.05, 0.1) is 0 Å². The van der Waals surface area contributed by atoms with Crippen molar-refractivity contribution in [2.24, 2.45) is 12.8 Å². The Labute approximate surface area is 123 Å². The molecule has 1 aliphatic rings. The average Bonchev–Trinajstić information content (AvgIpc) is 3.11. The third-order valence-corrected chi connectivity index (χ3v) is 5.28. The molecule has 0 aromatic carbocycles. The second-order valence-electron chi connectivity index (χ2n) is 6.10. The van der Waals surface area contributed by atoms with Crippen LogP contribution in [0.5, 0.6) is 0 Å². The van der Waals surface area contributed by atoms with Crippen LogP contribution in [0.3, 0.4) is 0 Å². The van der Waals surface area contributed by atoms with E-state index in [4.69, 9.17) is 5.73 Å².